The van der Waals surface area contributed by atoms with Crippen molar-refractivity contribution in [3.8, 4) is 11.5 Å². The predicted octanol–water partition coefficient (Wildman–Crippen LogP) is 5.64. The van der Waals surface area contributed by atoms with Crippen LogP contribution >= 0.6 is 0 Å². The minimum absolute atomic E-state index is 0.00379. The highest BCUT2D eigenvalue weighted by atomic mass is 16.5. The van der Waals surface area contributed by atoms with E-state index < -0.39 is 0 Å². The van der Waals surface area contributed by atoms with Gasteiger partial charge in [-0.05, 0) is 77.6 Å². The first kappa shape index (κ1) is 23.6. The molecule has 0 atom stereocenters. The van der Waals surface area contributed by atoms with Crippen LogP contribution in [0.1, 0.15) is 53.4 Å². The molecule has 32 heavy (non-hydrogen) atoms. The lowest BCUT2D eigenvalue weighted by atomic mass is 9.81. The van der Waals surface area contributed by atoms with Crippen LogP contribution in [0, 0.1) is 11.8 Å². The SMILES string of the molecule is CC(C)Oc1cccc(NC(=O)C2CCC(C(=O)Nc3cccc(OC(C)C)c3)CC2)c1. The summed E-state index contributed by atoms with van der Waals surface area (Å²) in [6.07, 6.45) is 2.94. The molecule has 0 saturated heterocycles. The minimum atomic E-state index is -0.0866. The van der Waals surface area contributed by atoms with Crippen molar-refractivity contribution in [3.05, 3.63) is 48.5 Å². The van der Waals surface area contributed by atoms with Crippen molar-refractivity contribution in [1.82, 2.24) is 0 Å². The molecule has 0 spiro atoms. The Kier molecular flexibility index (Phi) is 8.14. The van der Waals surface area contributed by atoms with Gasteiger partial charge in [0.15, 0.2) is 0 Å². The van der Waals surface area contributed by atoms with Gasteiger partial charge in [0.1, 0.15) is 11.5 Å². The van der Waals surface area contributed by atoms with Gasteiger partial charge < -0.3 is 20.1 Å². The third kappa shape index (κ3) is 7.01. The van der Waals surface area contributed by atoms with E-state index in [9.17, 15) is 9.59 Å². The topological polar surface area (TPSA) is 76.7 Å². The zero-order valence-corrected chi connectivity index (χ0v) is 19.4. The van der Waals surface area contributed by atoms with Gasteiger partial charge in [0, 0.05) is 35.3 Å². The Morgan fingerprint density at radius 2 is 1.09 bits per heavy atom. The quantitative estimate of drug-likeness (QED) is 0.559. The Hall–Kier alpha value is -3.02. The van der Waals surface area contributed by atoms with E-state index in [-0.39, 0.29) is 35.9 Å². The maximum absolute atomic E-state index is 12.7. The van der Waals surface area contributed by atoms with Crippen LogP contribution < -0.4 is 20.1 Å². The molecular weight excluding hydrogens is 404 g/mol. The molecule has 1 saturated carbocycles. The van der Waals surface area contributed by atoms with Crippen LogP contribution in [0.5, 0.6) is 11.5 Å². The van der Waals surface area contributed by atoms with Crippen LogP contribution in [0.15, 0.2) is 48.5 Å². The molecule has 1 fully saturated rings. The maximum Gasteiger partial charge on any atom is 0.227 e. The number of nitrogens with one attached hydrogen (secondary N) is 2. The minimum Gasteiger partial charge on any atom is -0.491 e. The van der Waals surface area contributed by atoms with Crippen molar-refractivity contribution in [2.24, 2.45) is 11.8 Å². The molecule has 2 amide bonds. The summed E-state index contributed by atoms with van der Waals surface area (Å²) in [5, 5.41) is 5.99. The van der Waals surface area contributed by atoms with Crippen molar-refractivity contribution in [3.63, 3.8) is 0 Å². The summed E-state index contributed by atoms with van der Waals surface area (Å²) in [7, 11) is 0. The van der Waals surface area contributed by atoms with Gasteiger partial charge in [-0.15, -0.1) is 0 Å². The number of anilines is 2. The number of rotatable bonds is 8. The molecule has 6 heteroatoms. The first-order valence-corrected chi connectivity index (χ1v) is 11.5. The Labute approximate surface area is 190 Å². The van der Waals surface area contributed by atoms with Crippen molar-refractivity contribution < 1.29 is 19.1 Å². The van der Waals surface area contributed by atoms with Crippen LogP contribution in [-0.2, 0) is 9.59 Å². The summed E-state index contributed by atoms with van der Waals surface area (Å²) in [5.41, 5.74) is 1.47. The van der Waals surface area contributed by atoms with E-state index in [1.54, 1.807) is 0 Å². The van der Waals surface area contributed by atoms with Crippen LogP contribution in [-0.4, -0.2) is 24.0 Å². The summed E-state index contributed by atoms with van der Waals surface area (Å²) >= 11 is 0. The van der Waals surface area contributed by atoms with E-state index in [1.807, 2.05) is 76.2 Å². The van der Waals surface area contributed by atoms with Crippen molar-refractivity contribution in [1.29, 1.82) is 0 Å². The first-order chi connectivity index (χ1) is 15.3. The largest absolute Gasteiger partial charge is 0.491 e. The summed E-state index contributed by atoms with van der Waals surface area (Å²) in [6.45, 7) is 7.87. The van der Waals surface area contributed by atoms with E-state index in [1.165, 1.54) is 0 Å². The third-order valence-corrected chi connectivity index (χ3v) is 5.42. The number of amides is 2. The lowest BCUT2D eigenvalue weighted by Gasteiger charge is -2.27. The normalized spacial score (nSPS) is 18.3. The van der Waals surface area contributed by atoms with E-state index in [0.29, 0.717) is 25.7 Å². The third-order valence-electron chi connectivity index (χ3n) is 5.42. The van der Waals surface area contributed by atoms with Crippen LogP contribution in [0.2, 0.25) is 0 Å². The summed E-state index contributed by atoms with van der Waals surface area (Å²) in [5.74, 6) is 1.31. The molecule has 3 rings (SSSR count). The van der Waals surface area contributed by atoms with Crippen molar-refractivity contribution >= 4 is 23.2 Å². The molecule has 0 unspecified atom stereocenters. The number of carbonyl (C=O) groups excluding carboxylic acids is 2. The van der Waals surface area contributed by atoms with E-state index in [2.05, 4.69) is 10.6 Å². The Balaban J connectivity index is 1.49. The fraction of sp³-hybridized carbons (Fsp3) is 0.462. The molecule has 0 heterocycles. The van der Waals surface area contributed by atoms with Gasteiger partial charge in [0.2, 0.25) is 11.8 Å². The smallest absolute Gasteiger partial charge is 0.227 e. The van der Waals surface area contributed by atoms with Gasteiger partial charge >= 0.3 is 0 Å². The second-order valence-electron chi connectivity index (χ2n) is 8.92. The maximum atomic E-state index is 12.7. The molecule has 1 aliphatic rings. The molecule has 0 aliphatic heterocycles. The summed E-state index contributed by atoms with van der Waals surface area (Å²) in [4.78, 5) is 25.5. The molecule has 6 nitrogen and oxygen atoms in total. The number of hydrogen-bond acceptors (Lipinski definition) is 4. The van der Waals surface area contributed by atoms with Crippen LogP contribution in [0.25, 0.3) is 0 Å². The molecular formula is C26H34N2O4. The van der Waals surface area contributed by atoms with Gasteiger partial charge in [-0.3, -0.25) is 9.59 Å². The summed E-state index contributed by atoms with van der Waals surface area (Å²) in [6, 6.07) is 14.9. The fourth-order valence-electron chi connectivity index (χ4n) is 3.95. The average molecular weight is 439 g/mol. The lowest BCUT2D eigenvalue weighted by Crippen LogP contribution is -2.32. The first-order valence-electron chi connectivity index (χ1n) is 11.5. The Morgan fingerprint density at radius 1 is 0.719 bits per heavy atom. The molecule has 172 valence electrons. The van der Waals surface area contributed by atoms with Crippen LogP contribution in [0.3, 0.4) is 0 Å². The number of carbonyl (C=O) groups is 2. The summed E-state index contributed by atoms with van der Waals surface area (Å²) < 4.78 is 11.4. The molecule has 0 aromatic heterocycles. The van der Waals surface area contributed by atoms with Crippen molar-refractivity contribution in [2.45, 2.75) is 65.6 Å². The molecule has 2 aromatic carbocycles. The fourth-order valence-corrected chi connectivity index (χ4v) is 3.95. The highest BCUT2D eigenvalue weighted by Crippen LogP contribution is 2.31. The predicted molar refractivity (Wildman–Crippen MR) is 127 cm³/mol. The zero-order chi connectivity index (χ0) is 23.1. The van der Waals surface area contributed by atoms with Gasteiger partial charge in [-0.2, -0.15) is 0 Å². The highest BCUT2D eigenvalue weighted by molar-refractivity contribution is 5.94. The van der Waals surface area contributed by atoms with Gasteiger partial charge in [-0.1, -0.05) is 12.1 Å². The zero-order valence-electron chi connectivity index (χ0n) is 19.4. The Morgan fingerprint density at radius 3 is 1.44 bits per heavy atom. The number of benzene rings is 2. The van der Waals surface area contributed by atoms with Gasteiger partial charge in [-0.25, -0.2) is 0 Å². The van der Waals surface area contributed by atoms with Crippen LogP contribution in [0.4, 0.5) is 11.4 Å². The van der Waals surface area contributed by atoms with Gasteiger partial charge in [0.25, 0.3) is 0 Å². The molecule has 2 N–H and O–H groups in total. The second kappa shape index (κ2) is 11.0. The number of ether oxygens (including phenoxy) is 2. The van der Waals surface area contributed by atoms with E-state index in [4.69, 9.17) is 9.47 Å². The highest BCUT2D eigenvalue weighted by Gasteiger charge is 2.30. The van der Waals surface area contributed by atoms with Gasteiger partial charge in [0.05, 0.1) is 12.2 Å². The molecule has 0 radical (unpaired) electrons. The second-order valence-corrected chi connectivity index (χ2v) is 8.92. The molecule has 1 aliphatic carbocycles. The standard InChI is InChI=1S/C26H34N2O4/c1-17(2)31-23-9-5-7-21(15-23)27-25(29)19-11-13-20(14-12-19)26(30)28-22-8-6-10-24(16-22)32-18(3)4/h5-10,15-20H,11-14H2,1-4H3,(H,27,29)(H,28,30). The molecule has 2 aromatic rings. The number of hydrogen-bond donors (Lipinski definition) is 2. The van der Waals surface area contributed by atoms with E-state index in [0.717, 1.165) is 22.9 Å². The average Bonchev–Trinajstić information content (AvgIpc) is 2.73. The van der Waals surface area contributed by atoms with E-state index >= 15 is 0 Å². The van der Waals surface area contributed by atoms with Crippen molar-refractivity contribution in [2.75, 3.05) is 10.6 Å². The Bertz CT molecular complexity index is 842. The monoisotopic (exact) mass is 438 g/mol. The molecule has 0 bridgehead atoms. The lowest BCUT2D eigenvalue weighted by molar-refractivity contribution is -0.125.